The quantitative estimate of drug-likeness (QED) is 0.920. The zero-order valence-corrected chi connectivity index (χ0v) is 13.7. The lowest BCUT2D eigenvalue weighted by molar-refractivity contribution is -0.142. The molecule has 3 aliphatic rings. The molecule has 1 aromatic heterocycles. The molecule has 0 aromatic carbocycles. The van der Waals surface area contributed by atoms with Crippen LogP contribution in [0.5, 0.6) is 0 Å². The number of fused-ring (bicyclic) bond motifs is 2. The first-order chi connectivity index (χ1) is 10.7. The summed E-state index contributed by atoms with van der Waals surface area (Å²) in [5, 5.41) is 12.9. The normalized spacial score (nSPS) is 32.6. The number of aromatic nitrogens is 1. The standard InChI is InChI=1S/C17H24N2O2S/c20-17(21)14-8-13-6-7-15(14)19(13)9-12-10-22-16(18-12)11-4-2-1-3-5-11/h10-11,13-15H,1-9H2,(H,20,21). The van der Waals surface area contributed by atoms with Gasteiger partial charge in [0.05, 0.1) is 16.6 Å². The van der Waals surface area contributed by atoms with Gasteiger partial charge >= 0.3 is 5.97 Å². The number of aliphatic carboxylic acids is 1. The Morgan fingerprint density at radius 1 is 1.27 bits per heavy atom. The monoisotopic (exact) mass is 320 g/mol. The van der Waals surface area contributed by atoms with E-state index in [4.69, 9.17) is 4.98 Å². The molecule has 0 radical (unpaired) electrons. The SMILES string of the molecule is O=C(O)C1CC2CCC1N2Cc1csc(C2CCCCC2)n1. The van der Waals surface area contributed by atoms with Crippen LogP contribution in [0.3, 0.4) is 0 Å². The van der Waals surface area contributed by atoms with Crippen LogP contribution >= 0.6 is 11.3 Å². The first kappa shape index (κ1) is 14.6. The molecule has 3 heterocycles. The van der Waals surface area contributed by atoms with Crippen molar-refractivity contribution in [1.82, 2.24) is 9.88 Å². The molecule has 2 aliphatic heterocycles. The molecule has 3 fully saturated rings. The predicted octanol–water partition coefficient (Wildman–Crippen LogP) is 3.63. The second-order valence-electron chi connectivity index (χ2n) is 7.16. The minimum absolute atomic E-state index is 0.157. The van der Waals surface area contributed by atoms with Crippen molar-refractivity contribution in [2.45, 2.75) is 75.9 Å². The van der Waals surface area contributed by atoms with Crippen molar-refractivity contribution in [1.29, 1.82) is 0 Å². The van der Waals surface area contributed by atoms with Gasteiger partial charge in [-0.05, 0) is 32.1 Å². The fourth-order valence-corrected chi connectivity index (χ4v) is 5.71. The highest BCUT2D eigenvalue weighted by molar-refractivity contribution is 7.09. The third-order valence-electron chi connectivity index (χ3n) is 5.87. The fraction of sp³-hybridized carbons (Fsp3) is 0.765. The van der Waals surface area contributed by atoms with Gasteiger partial charge in [-0.25, -0.2) is 4.98 Å². The van der Waals surface area contributed by atoms with Crippen LogP contribution in [0.15, 0.2) is 5.38 Å². The highest BCUT2D eigenvalue weighted by atomic mass is 32.1. The van der Waals surface area contributed by atoms with Crippen molar-refractivity contribution in [2.75, 3.05) is 0 Å². The van der Waals surface area contributed by atoms with Gasteiger partial charge in [0.15, 0.2) is 0 Å². The van der Waals surface area contributed by atoms with Crippen molar-refractivity contribution < 1.29 is 9.90 Å². The number of carboxylic acids is 1. The molecule has 5 heteroatoms. The van der Waals surface area contributed by atoms with Gasteiger partial charge in [0.2, 0.25) is 0 Å². The van der Waals surface area contributed by atoms with Crippen molar-refractivity contribution >= 4 is 17.3 Å². The molecule has 3 atom stereocenters. The summed E-state index contributed by atoms with van der Waals surface area (Å²) in [4.78, 5) is 18.7. The molecular weight excluding hydrogens is 296 g/mol. The average molecular weight is 320 g/mol. The highest BCUT2D eigenvalue weighted by Gasteiger charge is 2.49. The summed E-state index contributed by atoms with van der Waals surface area (Å²) < 4.78 is 0. The van der Waals surface area contributed by atoms with Crippen LogP contribution in [0.25, 0.3) is 0 Å². The molecule has 22 heavy (non-hydrogen) atoms. The lowest BCUT2D eigenvalue weighted by Gasteiger charge is -2.22. The van der Waals surface area contributed by atoms with E-state index in [1.165, 1.54) is 37.1 Å². The number of carbonyl (C=O) groups is 1. The summed E-state index contributed by atoms with van der Waals surface area (Å²) in [5.74, 6) is -0.0943. The van der Waals surface area contributed by atoms with Crippen LogP contribution in [-0.4, -0.2) is 33.0 Å². The molecule has 1 aliphatic carbocycles. The Balaban J connectivity index is 1.44. The Bertz CT molecular complexity index is 553. The fourth-order valence-electron chi connectivity index (χ4n) is 4.73. The first-order valence-corrected chi connectivity index (χ1v) is 9.53. The van der Waals surface area contributed by atoms with Crippen LogP contribution < -0.4 is 0 Å². The Labute approximate surface area is 135 Å². The average Bonchev–Trinajstić information content (AvgIpc) is 3.24. The molecule has 0 amide bonds. The third-order valence-corrected chi connectivity index (χ3v) is 6.92. The minimum Gasteiger partial charge on any atom is -0.481 e. The second kappa shape index (κ2) is 5.93. The van der Waals surface area contributed by atoms with E-state index < -0.39 is 5.97 Å². The summed E-state index contributed by atoms with van der Waals surface area (Å²) >= 11 is 1.82. The van der Waals surface area contributed by atoms with E-state index in [0.717, 1.165) is 31.5 Å². The molecule has 1 saturated carbocycles. The summed E-state index contributed by atoms with van der Waals surface area (Å²) in [6.07, 6.45) is 9.69. The Morgan fingerprint density at radius 3 is 2.82 bits per heavy atom. The maximum absolute atomic E-state index is 11.4. The number of thiazole rings is 1. The second-order valence-corrected chi connectivity index (χ2v) is 8.05. The summed E-state index contributed by atoms with van der Waals surface area (Å²) in [5.41, 5.74) is 1.16. The first-order valence-electron chi connectivity index (χ1n) is 8.65. The Kier molecular flexibility index (Phi) is 3.95. The van der Waals surface area contributed by atoms with E-state index in [2.05, 4.69) is 10.3 Å². The van der Waals surface area contributed by atoms with Crippen molar-refractivity contribution in [3.63, 3.8) is 0 Å². The van der Waals surface area contributed by atoms with E-state index >= 15 is 0 Å². The molecule has 2 saturated heterocycles. The third kappa shape index (κ3) is 2.58. The molecule has 4 rings (SSSR count). The van der Waals surface area contributed by atoms with Crippen molar-refractivity contribution in [3.8, 4) is 0 Å². The number of rotatable bonds is 4. The van der Waals surface area contributed by atoms with Gasteiger partial charge in [-0.3, -0.25) is 9.69 Å². The number of hydrogen-bond donors (Lipinski definition) is 1. The molecule has 1 aromatic rings. The smallest absolute Gasteiger partial charge is 0.308 e. The number of nitrogens with zero attached hydrogens (tertiary/aromatic N) is 2. The van der Waals surface area contributed by atoms with Gasteiger partial charge < -0.3 is 5.11 Å². The van der Waals surface area contributed by atoms with Crippen LogP contribution in [-0.2, 0) is 11.3 Å². The largest absolute Gasteiger partial charge is 0.481 e. The van der Waals surface area contributed by atoms with Gasteiger partial charge in [-0.2, -0.15) is 0 Å². The van der Waals surface area contributed by atoms with Gasteiger partial charge in [0, 0.05) is 29.9 Å². The van der Waals surface area contributed by atoms with Crippen molar-refractivity contribution in [2.24, 2.45) is 5.92 Å². The van der Waals surface area contributed by atoms with E-state index in [1.807, 2.05) is 11.3 Å². The summed E-state index contributed by atoms with van der Waals surface area (Å²) in [6.45, 7) is 0.850. The highest BCUT2D eigenvalue weighted by Crippen LogP contribution is 2.43. The minimum atomic E-state index is -0.613. The van der Waals surface area contributed by atoms with Gasteiger partial charge in [-0.15, -0.1) is 11.3 Å². The van der Waals surface area contributed by atoms with Crippen LogP contribution in [0.1, 0.15) is 68.0 Å². The van der Waals surface area contributed by atoms with E-state index in [0.29, 0.717) is 12.0 Å². The maximum atomic E-state index is 11.4. The van der Waals surface area contributed by atoms with E-state index in [-0.39, 0.29) is 12.0 Å². The van der Waals surface area contributed by atoms with Gasteiger partial charge in [0.1, 0.15) is 0 Å². The van der Waals surface area contributed by atoms with E-state index in [9.17, 15) is 9.90 Å². The molecular formula is C17H24N2O2S. The summed E-state index contributed by atoms with van der Waals surface area (Å²) in [7, 11) is 0. The molecule has 0 spiro atoms. The predicted molar refractivity (Wildman–Crippen MR) is 86.0 cm³/mol. The zero-order valence-electron chi connectivity index (χ0n) is 12.9. The lowest BCUT2D eigenvalue weighted by atomic mass is 9.89. The van der Waals surface area contributed by atoms with Crippen LogP contribution in [0, 0.1) is 5.92 Å². The molecule has 3 unspecified atom stereocenters. The lowest BCUT2D eigenvalue weighted by Crippen LogP contribution is -2.32. The summed E-state index contributed by atoms with van der Waals surface area (Å²) in [6, 6.07) is 0.702. The Hall–Kier alpha value is -0.940. The van der Waals surface area contributed by atoms with Crippen LogP contribution in [0.4, 0.5) is 0 Å². The molecule has 1 N–H and O–H groups in total. The number of carboxylic acid groups (broad SMARTS) is 1. The molecule has 2 bridgehead atoms. The van der Waals surface area contributed by atoms with Crippen molar-refractivity contribution in [3.05, 3.63) is 16.1 Å². The molecule has 120 valence electrons. The zero-order chi connectivity index (χ0) is 15.1. The topological polar surface area (TPSA) is 53.4 Å². The van der Waals surface area contributed by atoms with E-state index in [1.54, 1.807) is 0 Å². The number of hydrogen-bond acceptors (Lipinski definition) is 4. The van der Waals surface area contributed by atoms with Gasteiger partial charge in [-0.1, -0.05) is 19.3 Å². The Morgan fingerprint density at radius 2 is 2.09 bits per heavy atom. The van der Waals surface area contributed by atoms with Crippen LogP contribution in [0.2, 0.25) is 0 Å². The maximum Gasteiger partial charge on any atom is 0.308 e. The van der Waals surface area contributed by atoms with Gasteiger partial charge in [0.25, 0.3) is 0 Å². The molecule has 4 nitrogen and oxygen atoms in total.